The van der Waals surface area contributed by atoms with Crippen LogP contribution < -0.4 is 4.74 Å². The number of likely N-dealkylation sites (tertiary alicyclic amines) is 1. The van der Waals surface area contributed by atoms with E-state index >= 15 is 0 Å². The molecule has 1 aliphatic heterocycles. The van der Waals surface area contributed by atoms with Gasteiger partial charge in [-0.2, -0.15) is 0 Å². The molecule has 4 nitrogen and oxygen atoms in total. The topological polar surface area (TPSA) is 42.7 Å². The minimum absolute atomic E-state index is 0.0477. The molecule has 1 unspecified atom stereocenters. The molecule has 1 saturated heterocycles. The molecule has 110 valence electrons. The van der Waals surface area contributed by atoms with Gasteiger partial charge in [0.2, 0.25) is 0 Å². The maximum absolute atomic E-state index is 12.7. The first-order chi connectivity index (χ1) is 10.2. The molecule has 1 fully saturated rings. The van der Waals surface area contributed by atoms with E-state index in [-0.39, 0.29) is 11.9 Å². The van der Waals surface area contributed by atoms with Crippen LogP contribution in [0.5, 0.6) is 5.75 Å². The number of ether oxygens (including phenoxy) is 1. The standard InChI is InChI=1S/C17H19NO3/c1-12-15(8-10-21-12)17(19)18-9-4-7-16(18)13-5-3-6-14(11-13)20-2/h3,5-6,8,10-11,16H,4,7,9H2,1-2H3. The van der Waals surface area contributed by atoms with Crippen molar-refractivity contribution >= 4 is 5.91 Å². The highest BCUT2D eigenvalue weighted by molar-refractivity contribution is 5.95. The number of rotatable bonds is 3. The van der Waals surface area contributed by atoms with Gasteiger partial charge in [-0.3, -0.25) is 4.79 Å². The second-order valence-corrected chi connectivity index (χ2v) is 5.32. The van der Waals surface area contributed by atoms with Crippen LogP contribution in [-0.2, 0) is 0 Å². The van der Waals surface area contributed by atoms with Crippen molar-refractivity contribution in [2.75, 3.05) is 13.7 Å². The van der Waals surface area contributed by atoms with E-state index in [1.807, 2.05) is 30.0 Å². The molecule has 0 N–H and O–H groups in total. The lowest BCUT2D eigenvalue weighted by Gasteiger charge is -2.25. The summed E-state index contributed by atoms with van der Waals surface area (Å²) in [4.78, 5) is 14.6. The largest absolute Gasteiger partial charge is 0.497 e. The van der Waals surface area contributed by atoms with Crippen LogP contribution in [0, 0.1) is 6.92 Å². The number of carbonyl (C=O) groups is 1. The number of aryl methyl sites for hydroxylation is 1. The van der Waals surface area contributed by atoms with E-state index in [0.29, 0.717) is 11.3 Å². The Kier molecular flexibility index (Phi) is 3.69. The zero-order valence-electron chi connectivity index (χ0n) is 12.3. The highest BCUT2D eigenvalue weighted by atomic mass is 16.5. The molecule has 4 heteroatoms. The van der Waals surface area contributed by atoms with Gasteiger partial charge in [-0.05, 0) is 43.5 Å². The number of benzene rings is 1. The van der Waals surface area contributed by atoms with Crippen molar-refractivity contribution in [1.29, 1.82) is 0 Å². The van der Waals surface area contributed by atoms with E-state index in [1.165, 1.54) is 0 Å². The average molecular weight is 285 g/mol. The Labute approximate surface area is 124 Å². The van der Waals surface area contributed by atoms with Gasteiger partial charge in [0, 0.05) is 6.54 Å². The van der Waals surface area contributed by atoms with E-state index in [2.05, 4.69) is 6.07 Å². The molecule has 21 heavy (non-hydrogen) atoms. The Morgan fingerprint density at radius 1 is 1.38 bits per heavy atom. The highest BCUT2D eigenvalue weighted by Gasteiger charge is 2.31. The fourth-order valence-corrected chi connectivity index (χ4v) is 2.97. The van der Waals surface area contributed by atoms with Gasteiger partial charge in [0.15, 0.2) is 0 Å². The minimum atomic E-state index is 0.0477. The zero-order valence-corrected chi connectivity index (χ0v) is 12.3. The number of methoxy groups -OCH3 is 1. The molecular formula is C17H19NO3. The van der Waals surface area contributed by atoms with Crippen LogP contribution >= 0.6 is 0 Å². The highest BCUT2D eigenvalue weighted by Crippen LogP contribution is 2.34. The molecule has 1 aliphatic rings. The first-order valence-electron chi connectivity index (χ1n) is 7.19. The summed E-state index contributed by atoms with van der Waals surface area (Å²) in [6.45, 7) is 2.61. The van der Waals surface area contributed by atoms with Gasteiger partial charge in [-0.1, -0.05) is 12.1 Å². The molecule has 1 aromatic carbocycles. The lowest BCUT2D eigenvalue weighted by atomic mass is 10.0. The number of carbonyl (C=O) groups excluding carboxylic acids is 1. The number of hydrogen-bond acceptors (Lipinski definition) is 3. The van der Waals surface area contributed by atoms with Crippen LogP contribution in [0.15, 0.2) is 41.0 Å². The summed E-state index contributed by atoms with van der Waals surface area (Å²) in [6.07, 6.45) is 3.57. The summed E-state index contributed by atoms with van der Waals surface area (Å²) in [5, 5.41) is 0. The van der Waals surface area contributed by atoms with Crippen LogP contribution in [0.4, 0.5) is 0 Å². The quantitative estimate of drug-likeness (QED) is 0.865. The average Bonchev–Trinajstić information content (AvgIpc) is 3.15. The normalized spacial score (nSPS) is 18.0. The third-order valence-electron chi connectivity index (χ3n) is 4.08. The molecule has 2 heterocycles. The minimum Gasteiger partial charge on any atom is -0.497 e. The fourth-order valence-electron chi connectivity index (χ4n) is 2.97. The summed E-state index contributed by atoms with van der Waals surface area (Å²) >= 11 is 0. The number of nitrogens with zero attached hydrogens (tertiary/aromatic N) is 1. The SMILES string of the molecule is COc1cccc(C2CCCN2C(=O)c2ccoc2C)c1. The predicted molar refractivity (Wildman–Crippen MR) is 79.5 cm³/mol. The van der Waals surface area contributed by atoms with Crippen LogP contribution in [-0.4, -0.2) is 24.5 Å². The number of amides is 1. The van der Waals surface area contributed by atoms with Crippen molar-refractivity contribution in [1.82, 2.24) is 4.90 Å². The van der Waals surface area contributed by atoms with E-state index in [0.717, 1.165) is 30.7 Å². The molecule has 2 aromatic rings. The van der Waals surface area contributed by atoms with E-state index in [4.69, 9.17) is 9.15 Å². The van der Waals surface area contributed by atoms with E-state index < -0.39 is 0 Å². The maximum atomic E-state index is 12.7. The number of hydrogen-bond donors (Lipinski definition) is 0. The molecule has 3 rings (SSSR count). The van der Waals surface area contributed by atoms with E-state index in [1.54, 1.807) is 19.4 Å². The van der Waals surface area contributed by atoms with Crippen LogP contribution in [0.1, 0.15) is 40.6 Å². The van der Waals surface area contributed by atoms with Crippen LogP contribution in [0.3, 0.4) is 0 Å². The third kappa shape index (κ3) is 2.53. The van der Waals surface area contributed by atoms with Gasteiger partial charge in [0.05, 0.1) is 25.0 Å². The van der Waals surface area contributed by atoms with Gasteiger partial charge in [0.25, 0.3) is 5.91 Å². The molecule has 0 saturated carbocycles. The Morgan fingerprint density at radius 3 is 2.95 bits per heavy atom. The van der Waals surface area contributed by atoms with Gasteiger partial charge in [-0.25, -0.2) is 0 Å². The van der Waals surface area contributed by atoms with Crippen molar-refractivity contribution < 1.29 is 13.9 Å². The molecule has 0 bridgehead atoms. The summed E-state index contributed by atoms with van der Waals surface area (Å²) in [5.74, 6) is 1.55. The second kappa shape index (κ2) is 5.64. The monoisotopic (exact) mass is 285 g/mol. The smallest absolute Gasteiger partial charge is 0.257 e. The van der Waals surface area contributed by atoms with Crippen molar-refractivity contribution in [3.8, 4) is 5.75 Å². The fraction of sp³-hybridized carbons (Fsp3) is 0.353. The van der Waals surface area contributed by atoms with Crippen molar-refractivity contribution in [3.63, 3.8) is 0 Å². The Bertz CT molecular complexity index is 647. The maximum Gasteiger partial charge on any atom is 0.257 e. The van der Waals surface area contributed by atoms with Gasteiger partial charge in [0.1, 0.15) is 11.5 Å². The van der Waals surface area contributed by atoms with Crippen molar-refractivity contribution in [3.05, 3.63) is 53.5 Å². The van der Waals surface area contributed by atoms with Gasteiger partial charge in [-0.15, -0.1) is 0 Å². The van der Waals surface area contributed by atoms with Gasteiger partial charge >= 0.3 is 0 Å². The molecule has 0 radical (unpaired) electrons. The Balaban J connectivity index is 1.88. The molecule has 0 aliphatic carbocycles. The summed E-state index contributed by atoms with van der Waals surface area (Å²) in [5.41, 5.74) is 1.78. The molecule has 1 atom stereocenters. The summed E-state index contributed by atoms with van der Waals surface area (Å²) in [7, 11) is 1.66. The lowest BCUT2D eigenvalue weighted by molar-refractivity contribution is 0.0733. The predicted octanol–water partition coefficient (Wildman–Crippen LogP) is 3.57. The first kappa shape index (κ1) is 13.7. The number of furan rings is 1. The Morgan fingerprint density at radius 2 is 2.24 bits per heavy atom. The molecule has 1 aromatic heterocycles. The van der Waals surface area contributed by atoms with Crippen molar-refractivity contribution in [2.24, 2.45) is 0 Å². The van der Waals surface area contributed by atoms with Crippen LogP contribution in [0.25, 0.3) is 0 Å². The first-order valence-corrected chi connectivity index (χ1v) is 7.19. The van der Waals surface area contributed by atoms with Crippen molar-refractivity contribution in [2.45, 2.75) is 25.8 Å². The Hall–Kier alpha value is -2.23. The van der Waals surface area contributed by atoms with Gasteiger partial charge < -0.3 is 14.1 Å². The zero-order chi connectivity index (χ0) is 14.8. The summed E-state index contributed by atoms with van der Waals surface area (Å²) in [6, 6.07) is 9.82. The van der Waals surface area contributed by atoms with E-state index in [9.17, 15) is 4.79 Å². The third-order valence-corrected chi connectivity index (χ3v) is 4.08. The summed E-state index contributed by atoms with van der Waals surface area (Å²) < 4.78 is 10.5. The molecular weight excluding hydrogens is 266 g/mol. The second-order valence-electron chi connectivity index (χ2n) is 5.32. The molecule has 0 spiro atoms. The lowest BCUT2D eigenvalue weighted by Crippen LogP contribution is -2.30. The molecule has 1 amide bonds. The van der Waals surface area contributed by atoms with Crippen LogP contribution in [0.2, 0.25) is 0 Å².